The number of aryl methyl sites for hydroxylation is 3. The molecular formula is C23H22ClN3S. The molecule has 0 saturated carbocycles. The molecule has 0 amide bonds. The molecule has 28 heavy (non-hydrogen) atoms. The lowest BCUT2D eigenvalue weighted by Gasteiger charge is -2.20. The van der Waals surface area contributed by atoms with Gasteiger partial charge in [-0.05, 0) is 60.7 Å². The van der Waals surface area contributed by atoms with Crippen molar-refractivity contribution in [3.05, 3.63) is 69.8 Å². The molecule has 0 bridgehead atoms. The molecule has 2 heterocycles. The fourth-order valence-corrected chi connectivity index (χ4v) is 4.81. The SMILES string of the molecule is CCc1sc2nc(Cl)nc(N(C)c3ccccc3)c2c1-c1ccc(C)c(C)c1. The van der Waals surface area contributed by atoms with E-state index < -0.39 is 0 Å². The van der Waals surface area contributed by atoms with Gasteiger partial charge in [0.15, 0.2) is 0 Å². The summed E-state index contributed by atoms with van der Waals surface area (Å²) < 4.78 is 0. The number of thiophene rings is 1. The van der Waals surface area contributed by atoms with E-state index in [0.29, 0.717) is 0 Å². The first-order valence-electron chi connectivity index (χ1n) is 9.35. The van der Waals surface area contributed by atoms with Gasteiger partial charge in [-0.1, -0.05) is 43.3 Å². The Morgan fingerprint density at radius 1 is 1.00 bits per heavy atom. The Bertz CT molecular complexity index is 1150. The van der Waals surface area contributed by atoms with Crippen LogP contribution in [-0.4, -0.2) is 17.0 Å². The average molecular weight is 408 g/mol. The molecule has 0 aliphatic heterocycles. The first kappa shape index (κ1) is 18.9. The van der Waals surface area contributed by atoms with Crippen molar-refractivity contribution in [2.24, 2.45) is 0 Å². The van der Waals surface area contributed by atoms with E-state index in [0.717, 1.165) is 28.1 Å². The monoisotopic (exact) mass is 407 g/mol. The summed E-state index contributed by atoms with van der Waals surface area (Å²) in [4.78, 5) is 13.5. The highest BCUT2D eigenvalue weighted by atomic mass is 35.5. The maximum atomic E-state index is 6.31. The summed E-state index contributed by atoms with van der Waals surface area (Å²) in [6.45, 7) is 6.48. The Morgan fingerprint density at radius 3 is 2.43 bits per heavy atom. The molecule has 0 aliphatic carbocycles. The van der Waals surface area contributed by atoms with Crippen LogP contribution in [0.1, 0.15) is 22.9 Å². The van der Waals surface area contributed by atoms with Crippen molar-refractivity contribution in [1.82, 2.24) is 9.97 Å². The smallest absolute Gasteiger partial charge is 0.225 e. The number of para-hydroxylation sites is 1. The molecule has 0 radical (unpaired) electrons. The van der Waals surface area contributed by atoms with Gasteiger partial charge in [-0.15, -0.1) is 11.3 Å². The van der Waals surface area contributed by atoms with Crippen LogP contribution in [0.25, 0.3) is 21.3 Å². The van der Waals surface area contributed by atoms with E-state index in [1.807, 2.05) is 25.2 Å². The van der Waals surface area contributed by atoms with E-state index in [2.05, 4.69) is 66.0 Å². The third-order valence-electron chi connectivity index (χ3n) is 5.16. The van der Waals surface area contributed by atoms with Gasteiger partial charge in [0.05, 0.1) is 5.39 Å². The van der Waals surface area contributed by atoms with Crippen molar-refractivity contribution in [1.29, 1.82) is 0 Å². The topological polar surface area (TPSA) is 29.0 Å². The van der Waals surface area contributed by atoms with Crippen LogP contribution in [0.15, 0.2) is 48.5 Å². The van der Waals surface area contributed by atoms with E-state index in [4.69, 9.17) is 11.6 Å². The highest BCUT2D eigenvalue weighted by Gasteiger charge is 2.22. The molecule has 142 valence electrons. The molecular weight excluding hydrogens is 386 g/mol. The molecule has 4 aromatic rings. The van der Waals surface area contributed by atoms with Crippen LogP contribution >= 0.6 is 22.9 Å². The first-order chi connectivity index (χ1) is 13.5. The standard InChI is InChI=1S/C23H22ClN3S/c1-5-18-19(16-12-11-14(2)15(3)13-16)20-21(25-23(24)26-22(20)28-18)27(4)17-9-7-6-8-10-17/h6-13H,5H2,1-4H3. The van der Waals surface area contributed by atoms with Crippen molar-refractivity contribution in [3.8, 4) is 11.1 Å². The molecule has 0 atom stereocenters. The number of hydrogen-bond acceptors (Lipinski definition) is 4. The molecule has 0 aliphatic rings. The molecule has 4 rings (SSSR count). The summed E-state index contributed by atoms with van der Waals surface area (Å²) in [6.07, 6.45) is 0.940. The van der Waals surface area contributed by atoms with E-state index in [1.165, 1.54) is 27.1 Å². The third-order valence-corrected chi connectivity index (χ3v) is 6.55. The molecule has 0 fully saturated rings. The zero-order chi connectivity index (χ0) is 19.8. The Kier molecular flexibility index (Phi) is 5.09. The van der Waals surface area contributed by atoms with Gasteiger partial charge in [0, 0.05) is 23.2 Å². The highest BCUT2D eigenvalue weighted by molar-refractivity contribution is 7.19. The van der Waals surface area contributed by atoms with Gasteiger partial charge in [-0.2, -0.15) is 4.98 Å². The fourth-order valence-electron chi connectivity index (χ4n) is 3.47. The van der Waals surface area contributed by atoms with Gasteiger partial charge in [-0.3, -0.25) is 0 Å². The van der Waals surface area contributed by atoms with Gasteiger partial charge < -0.3 is 4.90 Å². The number of halogens is 1. The Hall–Kier alpha value is -2.43. The van der Waals surface area contributed by atoms with E-state index in [1.54, 1.807) is 11.3 Å². The van der Waals surface area contributed by atoms with Gasteiger partial charge in [-0.25, -0.2) is 4.98 Å². The van der Waals surface area contributed by atoms with Crippen LogP contribution in [-0.2, 0) is 6.42 Å². The minimum absolute atomic E-state index is 0.279. The molecule has 3 nitrogen and oxygen atoms in total. The molecule has 0 spiro atoms. The quantitative estimate of drug-likeness (QED) is 0.342. The maximum absolute atomic E-state index is 6.31. The van der Waals surface area contributed by atoms with Crippen molar-refractivity contribution >= 4 is 44.7 Å². The van der Waals surface area contributed by atoms with Crippen molar-refractivity contribution in [2.75, 3.05) is 11.9 Å². The lowest BCUT2D eigenvalue weighted by atomic mass is 9.98. The number of hydrogen-bond donors (Lipinski definition) is 0. The van der Waals surface area contributed by atoms with Crippen LogP contribution in [0.2, 0.25) is 5.28 Å². The predicted molar refractivity (Wildman–Crippen MR) is 121 cm³/mol. The number of rotatable bonds is 4. The van der Waals surface area contributed by atoms with E-state index >= 15 is 0 Å². The van der Waals surface area contributed by atoms with E-state index in [-0.39, 0.29) is 5.28 Å². The summed E-state index contributed by atoms with van der Waals surface area (Å²) in [5.41, 5.74) is 6.07. The lowest BCUT2D eigenvalue weighted by Crippen LogP contribution is -2.12. The number of benzene rings is 2. The largest absolute Gasteiger partial charge is 0.329 e. The summed E-state index contributed by atoms with van der Waals surface area (Å²) in [5.74, 6) is 0.838. The maximum Gasteiger partial charge on any atom is 0.225 e. The lowest BCUT2D eigenvalue weighted by molar-refractivity contribution is 1.11. The van der Waals surface area contributed by atoms with Crippen LogP contribution in [0, 0.1) is 13.8 Å². The summed E-state index contributed by atoms with van der Waals surface area (Å²) in [6, 6.07) is 16.9. The molecule has 5 heteroatoms. The fraction of sp³-hybridized carbons (Fsp3) is 0.217. The molecule has 0 unspecified atom stereocenters. The highest BCUT2D eigenvalue weighted by Crippen LogP contribution is 2.44. The van der Waals surface area contributed by atoms with Gasteiger partial charge in [0.1, 0.15) is 10.6 Å². The second-order valence-electron chi connectivity index (χ2n) is 6.94. The van der Waals surface area contributed by atoms with E-state index in [9.17, 15) is 0 Å². The zero-order valence-electron chi connectivity index (χ0n) is 16.5. The Balaban J connectivity index is 2.03. The first-order valence-corrected chi connectivity index (χ1v) is 10.5. The van der Waals surface area contributed by atoms with Crippen LogP contribution in [0.5, 0.6) is 0 Å². The number of nitrogens with zero attached hydrogens (tertiary/aromatic N) is 3. The van der Waals surface area contributed by atoms with Crippen LogP contribution in [0.4, 0.5) is 11.5 Å². The average Bonchev–Trinajstić information content (AvgIpc) is 3.08. The van der Waals surface area contributed by atoms with Crippen molar-refractivity contribution in [2.45, 2.75) is 27.2 Å². The summed E-state index contributed by atoms with van der Waals surface area (Å²) >= 11 is 8.02. The van der Waals surface area contributed by atoms with Crippen molar-refractivity contribution < 1.29 is 0 Å². The number of fused-ring (bicyclic) bond motifs is 1. The third kappa shape index (κ3) is 3.27. The van der Waals surface area contributed by atoms with Gasteiger partial charge in [0.2, 0.25) is 5.28 Å². The summed E-state index contributed by atoms with van der Waals surface area (Å²) in [7, 11) is 2.03. The van der Waals surface area contributed by atoms with Crippen LogP contribution in [0.3, 0.4) is 0 Å². The second kappa shape index (κ2) is 7.53. The van der Waals surface area contributed by atoms with Crippen LogP contribution < -0.4 is 4.90 Å². The zero-order valence-corrected chi connectivity index (χ0v) is 18.0. The molecule has 2 aromatic carbocycles. The van der Waals surface area contributed by atoms with Gasteiger partial charge >= 0.3 is 0 Å². The predicted octanol–water partition coefficient (Wildman–Crippen LogP) is 6.96. The molecule has 0 saturated heterocycles. The number of anilines is 2. The minimum atomic E-state index is 0.279. The minimum Gasteiger partial charge on any atom is -0.329 e. The molecule has 2 aromatic heterocycles. The number of aromatic nitrogens is 2. The molecule has 0 N–H and O–H groups in total. The Labute approximate surface area is 174 Å². The second-order valence-corrected chi connectivity index (χ2v) is 8.37. The normalized spacial score (nSPS) is 11.2. The Morgan fingerprint density at radius 2 is 1.75 bits per heavy atom. The van der Waals surface area contributed by atoms with Crippen molar-refractivity contribution in [3.63, 3.8) is 0 Å². The van der Waals surface area contributed by atoms with Gasteiger partial charge in [0.25, 0.3) is 0 Å². The summed E-state index contributed by atoms with van der Waals surface area (Å²) in [5, 5.41) is 1.35.